The molecule has 1 fully saturated rings. The van der Waals surface area contributed by atoms with Crippen LogP contribution in [-0.4, -0.2) is 36.7 Å². The summed E-state index contributed by atoms with van der Waals surface area (Å²) in [6.07, 6.45) is 5.48. The average Bonchev–Trinajstić information content (AvgIpc) is 3.18. The second kappa shape index (κ2) is 6.79. The molecule has 3 rings (SSSR count). The van der Waals surface area contributed by atoms with Gasteiger partial charge in [-0.3, -0.25) is 9.48 Å². The van der Waals surface area contributed by atoms with E-state index in [1.54, 1.807) is 0 Å². The topological polar surface area (TPSA) is 56.0 Å². The molecule has 2 aromatic rings. The maximum absolute atomic E-state index is 12.7. The minimum Gasteiger partial charge on any atom is -0.336 e. The van der Waals surface area contributed by atoms with E-state index in [1.807, 2.05) is 36.7 Å². The molecule has 0 bridgehead atoms. The monoisotopic (exact) mass is 329 g/mol. The lowest BCUT2D eigenvalue weighted by Crippen LogP contribution is -2.31. The summed E-state index contributed by atoms with van der Waals surface area (Å²) in [5, 5.41) is 4.46. The van der Waals surface area contributed by atoms with E-state index in [9.17, 15) is 4.79 Å². The van der Waals surface area contributed by atoms with Crippen LogP contribution in [0.2, 0.25) is 0 Å². The van der Waals surface area contributed by atoms with Crippen molar-refractivity contribution in [3.8, 4) is 0 Å². The molecule has 0 radical (unpaired) electrons. The van der Waals surface area contributed by atoms with Crippen LogP contribution < -0.4 is 0 Å². The molecule has 130 valence electrons. The fourth-order valence-corrected chi connectivity index (χ4v) is 3.70. The molecular weight excluding hydrogens is 302 g/mol. The summed E-state index contributed by atoms with van der Waals surface area (Å²) >= 11 is 0. The zero-order valence-corrected chi connectivity index (χ0v) is 15.1. The maximum Gasteiger partial charge on any atom is 0.223 e. The van der Waals surface area contributed by atoms with Gasteiger partial charge in [0.15, 0.2) is 0 Å². The summed E-state index contributed by atoms with van der Waals surface area (Å²) in [6, 6.07) is 2.20. The molecule has 2 aromatic heterocycles. The van der Waals surface area contributed by atoms with Crippen molar-refractivity contribution >= 4 is 5.91 Å². The third-order valence-corrected chi connectivity index (χ3v) is 4.77. The number of hydrogen-bond donors (Lipinski definition) is 0. The highest BCUT2D eigenvalue weighted by atomic mass is 16.2. The molecule has 1 aliphatic heterocycles. The Hall–Kier alpha value is -2.11. The first-order chi connectivity index (χ1) is 11.5. The number of carbonyl (C=O) groups excluding carboxylic acids is 1. The van der Waals surface area contributed by atoms with Gasteiger partial charge in [0.25, 0.3) is 0 Å². The van der Waals surface area contributed by atoms with Crippen LogP contribution in [0, 0.1) is 20.8 Å². The lowest BCUT2D eigenvalue weighted by Gasteiger charge is -2.24. The predicted octanol–water partition coefficient (Wildman–Crippen LogP) is 2.69. The van der Waals surface area contributed by atoms with Crippen LogP contribution in [0.1, 0.15) is 54.6 Å². The van der Waals surface area contributed by atoms with Crippen LogP contribution in [0.4, 0.5) is 0 Å². The highest BCUT2D eigenvalue weighted by Gasteiger charge is 2.32. The van der Waals surface area contributed by atoms with Crippen LogP contribution in [0.25, 0.3) is 0 Å². The molecule has 24 heavy (non-hydrogen) atoms. The SMILES string of the molecule is Cc1cn(C)c(C2CCCN2C(=O)CCCn2nc(C)cc2C)n1. The average molecular weight is 329 g/mol. The summed E-state index contributed by atoms with van der Waals surface area (Å²) in [5.74, 6) is 1.25. The fraction of sp³-hybridized carbons (Fsp3) is 0.611. The Bertz CT molecular complexity index is 730. The number of amides is 1. The number of nitrogens with zero attached hydrogens (tertiary/aromatic N) is 5. The largest absolute Gasteiger partial charge is 0.336 e. The van der Waals surface area contributed by atoms with E-state index < -0.39 is 0 Å². The number of carbonyl (C=O) groups is 1. The second-order valence-electron chi connectivity index (χ2n) is 6.85. The molecule has 1 atom stereocenters. The first-order valence-electron chi connectivity index (χ1n) is 8.76. The molecule has 1 amide bonds. The quantitative estimate of drug-likeness (QED) is 0.847. The lowest BCUT2D eigenvalue weighted by molar-refractivity contribution is -0.132. The molecule has 0 aliphatic carbocycles. The van der Waals surface area contributed by atoms with E-state index in [1.165, 1.54) is 0 Å². The number of likely N-dealkylation sites (tertiary alicyclic amines) is 1. The lowest BCUT2D eigenvalue weighted by atomic mass is 10.2. The van der Waals surface area contributed by atoms with E-state index in [-0.39, 0.29) is 11.9 Å². The van der Waals surface area contributed by atoms with Crippen molar-refractivity contribution in [2.75, 3.05) is 6.54 Å². The number of hydrogen-bond acceptors (Lipinski definition) is 3. The summed E-state index contributed by atoms with van der Waals surface area (Å²) in [7, 11) is 2.01. The highest BCUT2D eigenvalue weighted by Crippen LogP contribution is 2.31. The Morgan fingerprint density at radius 3 is 2.71 bits per heavy atom. The van der Waals surface area contributed by atoms with Crippen molar-refractivity contribution in [1.82, 2.24) is 24.2 Å². The Morgan fingerprint density at radius 2 is 2.08 bits per heavy atom. The molecule has 0 spiro atoms. The van der Waals surface area contributed by atoms with Crippen LogP contribution >= 0.6 is 0 Å². The molecule has 0 aromatic carbocycles. The van der Waals surface area contributed by atoms with Gasteiger partial charge in [-0.15, -0.1) is 0 Å². The minimum atomic E-state index is 0.130. The molecule has 3 heterocycles. The van der Waals surface area contributed by atoms with Gasteiger partial charge in [0.1, 0.15) is 5.82 Å². The zero-order chi connectivity index (χ0) is 17.3. The van der Waals surface area contributed by atoms with Gasteiger partial charge in [-0.1, -0.05) is 0 Å². The standard InChI is InChI=1S/C18H27N5O/c1-13-11-15(3)23(20-13)10-6-8-17(24)22-9-5-7-16(22)18-19-14(2)12-21(18)4/h11-12,16H,5-10H2,1-4H3. The number of rotatable bonds is 5. The van der Waals surface area contributed by atoms with Gasteiger partial charge in [0.2, 0.25) is 5.91 Å². The van der Waals surface area contributed by atoms with Crippen LogP contribution in [0.15, 0.2) is 12.3 Å². The van der Waals surface area contributed by atoms with E-state index in [0.717, 1.165) is 55.3 Å². The number of aryl methyl sites for hydroxylation is 5. The van der Waals surface area contributed by atoms with Gasteiger partial charge in [0.05, 0.1) is 17.4 Å². The molecule has 6 nitrogen and oxygen atoms in total. The van der Waals surface area contributed by atoms with Crippen LogP contribution in [0.3, 0.4) is 0 Å². The van der Waals surface area contributed by atoms with Crippen molar-refractivity contribution in [3.63, 3.8) is 0 Å². The number of imidazole rings is 1. The summed E-state index contributed by atoms with van der Waals surface area (Å²) in [5.41, 5.74) is 3.20. The van der Waals surface area contributed by atoms with Gasteiger partial charge in [-0.25, -0.2) is 4.98 Å². The molecule has 1 saturated heterocycles. The fourth-order valence-electron chi connectivity index (χ4n) is 3.70. The Kier molecular flexibility index (Phi) is 4.73. The highest BCUT2D eigenvalue weighted by molar-refractivity contribution is 5.76. The minimum absolute atomic E-state index is 0.130. The Balaban J connectivity index is 1.59. The van der Waals surface area contributed by atoms with Gasteiger partial charge in [0, 0.05) is 38.4 Å². The van der Waals surface area contributed by atoms with Gasteiger partial charge < -0.3 is 9.47 Å². The third-order valence-electron chi connectivity index (χ3n) is 4.77. The van der Waals surface area contributed by atoms with Crippen LogP contribution in [0.5, 0.6) is 0 Å². The Morgan fingerprint density at radius 1 is 1.29 bits per heavy atom. The van der Waals surface area contributed by atoms with E-state index in [4.69, 9.17) is 0 Å². The van der Waals surface area contributed by atoms with Crippen molar-refractivity contribution in [2.24, 2.45) is 7.05 Å². The zero-order valence-electron chi connectivity index (χ0n) is 15.1. The summed E-state index contributed by atoms with van der Waals surface area (Å²) in [4.78, 5) is 19.3. The van der Waals surface area contributed by atoms with Crippen molar-refractivity contribution in [1.29, 1.82) is 0 Å². The second-order valence-corrected chi connectivity index (χ2v) is 6.85. The molecule has 1 unspecified atom stereocenters. The van der Waals surface area contributed by atoms with Crippen LogP contribution in [-0.2, 0) is 18.4 Å². The van der Waals surface area contributed by atoms with Crippen molar-refractivity contribution < 1.29 is 4.79 Å². The first-order valence-corrected chi connectivity index (χ1v) is 8.76. The molecule has 6 heteroatoms. The van der Waals surface area contributed by atoms with Gasteiger partial charge in [-0.2, -0.15) is 5.10 Å². The normalized spacial score (nSPS) is 17.7. The van der Waals surface area contributed by atoms with Gasteiger partial charge in [-0.05, 0) is 46.1 Å². The van der Waals surface area contributed by atoms with E-state index in [2.05, 4.69) is 27.6 Å². The van der Waals surface area contributed by atoms with Gasteiger partial charge >= 0.3 is 0 Å². The first kappa shape index (κ1) is 16.7. The third kappa shape index (κ3) is 3.37. The molecule has 0 saturated carbocycles. The molecule has 0 N–H and O–H groups in total. The Labute approximate surface area is 143 Å². The predicted molar refractivity (Wildman–Crippen MR) is 92.6 cm³/mol. The smallest absolute Gasteiger partial charge is 0.223 e. The summed E-state index contributed by atoms with van der Waals surface area (Å²) < 4.78 is 4.05. The van der Waals surface area contributed by atoms with Crippen molar-refractivity contribution in [2.45, 2.75) is 59.0 Å². The van der Waals surface area contributed by atoms with E-state index in [0.29, 0.717) is 6.42 Å². The van der Waals surface area contributed by atoms with E-state index >= 15 is 0 Å². The number of aromatic nitrogens is 4. The maximum atomic E-state index is 12.7. The summed E-state index contributed by atoms with van der Waals surface area (Å²) in [6.45, 7) is 7.69. The molecule has 1 aliphatic rings. The van der Waals surface area contributed by atoms with Crippen molar-refractivity contribution in [3.05, 3.63) is 35.2 Å². The molecular formula is C18H27N5O.